The predicted octanol–water partition coefficient (Wildman–Crippen LogP) is 5.85. The maximum absolute atomic E-state index is 12.7. The lowest BCUT2D eigenvalue weighted by atomic mass is 9.71. The smallest absolute Gasteiger partial charge is 0.315 e. The lowest BCUT2D eigenvalue weighted by Gasteiger charge is -2.46. The number of benzene rings is 1. The fourth-order valence-electron chi connectivity index (χ4n) is 6.36. The number of piperidine rings is 1. The van der Waals surface area contributed by atoms with E-state index in [9.17, 15) is 4.79 Å². The van der Waals surface area contributed by atoms with Gasteiger partial charge < -0.3 is 20.7 Å². The normalized spacial score (nSPS) is 23.1. The molecule has 1 aliphatic heterocycles. The second-order valence-electron chi connectivity index (χ2n) is 10.2. The zero-order valence-electron chi connectivity index (χ0n) is 21.5. The molecule has 3 rings (SSSR count). The summed E-state index contributed by atoms with van der Waals surface area (Å²) in [5, 5.41) is 3.46. The Morgan fingerprint density at radius 1 is 1.18 bits per heavy atom. The van der Waals surface area contributed by atoms with Crippen molar-refractivity contribution in [2.45, 2.75) is 77.2 Å². The molecular weight excluding hydrogens is 422 g/mol. The molecule has 1 saturated heterocycles. The zero-order chi connectivity index (χ0) is 24.2. The van der Waals surface area contributed by atoms with E-state index >= 15 is 0 Å². The third kappa shape index (κ3) is 7.58. The second kappa shape index (κ2) is 14.5. The molecule has 1 aromatic carbocycles. The minimum absolute atomic E-state index is 0.138. The molecule has 0 radical (unpaired) electrons. The summed E-state index contributed by atoms with van der Waals surface area (Å²) >= 11 is 0. The van der Waals surface area contributed by atoms with Gasteiger partial charge in [0.15, 0.2) is 0 Å². The number of carbonyl (C=O) groups is 1. The van der Waals surface area contributed by atoms with Crippen LogP contribution in [0.25, 0.3) is 5.57 Å². The molecule has 5 nitrogen and oxygen atoms in total. The number of nitrogens with one attached hydrogen (secondary N) is 1. The maximum atomic E-state index is 12.7. The van der Waals surface area contributed by atoms with Crippen molar-refractivity contribution in [1.82, 2.24) is 10.2 Å². The molecule has 1 heterocycles. The van der Waals surface area contributed by atoms with Gasteiger partial charge in [0.25, 0.3) is 0 Å². The Kier molecular flexibility index (Phi) is 11.4. The van der Waals surface area contributed by atoms with E-state index in [-0.39, 0.29) is 12.1 Å². The highest BCUT2D eigenvalue weighted by molar-refractivity contribution is 5.74. The van der Waals surface area contributed by atoms with Gasteiger partial charge in [0.1, 0.15) is 0 Å². The summed E-state index contributed by atoms with van der Waals surface area (Å²) < 4.78 is 5.58. The van der Waals surface area contributed by atoms with Gasteiger partial charge in [-0.25, -0.2) is 4.79 Å². The standard InChI is InChI=1S/C29H47N3O2/c1-3-34-20-11-10-17-26(24-15-8-5-9-16-24)27-18-12-19-32(29(30)33)28(27)25(22-31-2)21-23-13-6-4-7-14-23/h5,8-9,15-17,23,25,27-28,31H,3-4,6-7,10-14,18-22H2,1-2H3,(H2,30,33)/b26-17-/t25-,27?,28?/m0/s1. The Morgan fingerprint density at radius 3 is 2.62 bits per heavy atom. The van der Waals surface area contributed by atoms with Crippen LogP contribution in [0.1, 0.15) is 76.7 Å². The molecule has 2 fully saturated rings. The van der Waals surface area contributed by atoms with Crippen LogP contribution in [0.15, 0.2) is 36.4 Å². The van der Waals surface area contributed by atoms with Crippen molar-refractivity contribution < 1.29 is 9.53 Å². The fraction of sp³-hybridized carbons (Fsp3) is 0.690. The third-order valence-electron chi connectivity index (χ3n) is 7.85. The number of hydrogen-bond acceptors (Lipinski definition) is 3. The van der Waals surface area contributed by atoms with Gasteiger partial charge in [-0.05, 0) is 75.6 Å². The summed E-state index contributed by atoms with van der Waals surface area (Å²) in [6.45, 7) is 5.30. The lowest BCUT2D eigenvalue weighted by Crippen LogP contribution is -2.56. The van der Waals surface area contributed by atoms with E-state index in [1.807, 2.05) is 18.9 Å². The van der Waals surface area contributed by atoms with E-state index < -0.39 is 0 Å². The Morgan fingerprint density at radius 2 is 1.94 bits per heavy atom. The topological polar surface area (TPSA) is 67.6 Å². The molecule has 190 valence electrons. The van der Waals surface area contributed by atoms with Crippen LogP contribution in [0.2, 0.25) is 0 Å². The van der Waals surface area contributed by atoms with Gasteiger partial charge in [-0.3, -0.25) is 0 Å². The van der Waals surface area contributed by atoms with E-state index in [1.54, 1.807) is 0 Å². The van der Waals surface area contributed by atoms with Gasteiger partial charge in [0, 0.05) is 31.7 Å². The molecule has 0 aromatic heterocycles. The van der Waals surface area contributed by atoms with Gasteiger partial charge in [0.05, 0.1) is 0 Å². The summed E-state index contributed by atoms with van der Waals surface area (Å²) in [7, 11) is 2.04. The van der Waals surface area contributed by atoms with Crippen LogP contribution in [0.4, 0.5) is 4.79 Å². The summed E-state index contributed by atoms with van der Waals surface area (Å²) in [4.78, 5) is 14.7. The van der Waals surface area contributed by atoms with Crippen LogP contribution in [-0.2, 0) is 4.74 Å². The number of nitrogens with zero attached hydrogens (tertiary/aromatic N) is 1. The largest absolute Gasteiger partial charge is 0.382 e. The van der Waals surface area contributed by atoms with Crippen LogP contribution < -0.4 is 11.1 Å². The van der Waals surface area contributed by atoms with E-state index in [1.165, 1.54) is 49.7 Å². The quantitative estimate of drug-likeness (QED) is 0.377. The van der Waals surface area contributed by atoms with Gasteiger partial charge in [-0.15, -0.1) is 0 Å². The molecule has 34 heavy (non-hydrogen) atoms. The molecular formula is C29H47N3O2. The first kappa shape index (κ1) is 26.7. The number of amides is 2. The average molecular weight is 470 g/mol. The Balaban J connectivity index is 1.92. The molecule has 2 aliphatic rings. The van der Waals surface area contributed by atoms with E-state index in [4.69, 9.17) is 10.5 Å². The molecule has 2 amide bonds. The number of rotatable bonds is 12. The first-order chi connectivity index (χ1) is 16.7. The number of urea groups is 1. The number of nitrogens with two attached hydrogens (primary N) is 1. The highest BCUT2D eigenvalue weighted by Gasteiger charge is 2.41. The van der Waals surface area contributed by atoms with E-state index in [2.05, 4.69) is 41.7 Å². The third-order valence-corrected chi connectivity index (χ3v) is 7.85. The van der Waals surface area contributed by atoms with Crippen molar-refractivity contribution >= 4 is 11.6 Å². The average Bonchev–Trinajstić information content (AvgIpc) is 2.87. The molecule has 0 bridgehead atoms. The summed E-state index contributed by atoms with van der Waals surface area (Å²) in [6, 6.07) is 10.7. The first-order valence-corrected chi connectivity index (χ1v) is 13.7. The van der Waals surface area contributed by atoms with Crippen molar-refractivity contribution in [3.8, 4) is 0 Å². The predicted molar refractivity (Wildman–Crippen MR) is 142 cm³/mol. The van der Waals surface area contributed by atoms with Gasteiger partial charge in [0.2, 0.25) is 0 Å². The van der Waals surface area contributed by atoms with Crippen molar-refractivity contribution in [3.05, 3.63) is 42.0 Å². The fourth-order valence-corrected chi connectivity index (χ4v) is 6.36. The van der Waals surface area contributed by atoms with E-state index in [0.717, 1.165) is 57.9 Å². The number of carbonyl (C=O) groups excluding carboxylic acids is 1. The van der Waals surface area contributed by atoms with Gasteiger partial charge in [-0.1, -0.05) is 68.5 Å². The highest BCUT2D eigenvalue weighted by atomic mass is 16.5. The molecule has 1 aromatic rings. The monoisotopic (exact) mass is 469 g/mol. The number of ether oxygens (including phenoxy) is 1. The SMILES string of the molecule is CCOCCC/C=C(/c1ccccc1)C1CCCN(C(N)=O)C1[C@H](CNC)CC1CCCCC1. The van der Waals surface area contributed by atoms with Crippen LogP contribution >= 0.6 is 0 Å². The number of hydrogen-bond donors (Lipinski definition) is 2. The second-order valence-corrected chi connectivity index (χ2v) is 10.2. The molecule has 3 N–H and O–H groups in total. The molecule has 5 heteroatoms. The lowest BCUT2D eigenvalue weighted by molar-refractivity contribution is 0.0854. The van der Waals surface area contributed by atoms with Crippen molar-refractivity contribution in [1.29, 1.82) is 0 Å². The molecule has 1 aliphatic carbocycles. The van der Waals surface area contributed by atoms with Crippen LogP contribution in [0.5, 0.6) is 0 Å². The summed E-state index contributed by atoms with van der Waals surface area (Å²) in [5.74, 6) is 1.47. The van der Waals surface area contributed by atoms with E-state index in [0.29, 0.717) is 11.8 Å². The molecule has 1 saturated carbocycles. The molecule has 2 unspecified atom stereocenters. The zero-order valence-corrected chi connectivity index (χ0v) is 21.5. The Bertz CT molecular complexity index is 745. The number of primary amides is 1. The minimum Gasteiger partial charge on any atom is -0.382 e. The van der Waals surface area contributed by atoms with Crippen molar-refractivity contribution in [2.75, 3.05) is 33.4 Å². The Labute approximate surface area is 207 Å². The van der Waals surface area contributed by atoms with Gasteiger partial charge in [-0.2, -0.15) is 0 Å². The first-order valence-electron chi connectivity index (χ1n) is 13.7. The van der Waals surface area contributed by atoms with Crippen LogP contribution in [0.3, 0.4) is 0 Å². The highest BCUT2D eigenvalue weighted by Crippen LogP contribution is 2.41. The maximum Gasteiger partial charge on any atom is 0.315 e. The summed E-state index contributed by atoms with van der Waals surface area (Å²) in [5.41, 5.74) is 8.68. The van der Waals surface area contributed by atoms with Gasteiger partial charge >= 0.3 is 6.03 Å². The minimum atomic E-state index is -0.261. The number of allylic oxidation sites excluding steroid dienone is 1. The van der Waals surface area contributed by atoms with Crippen molar-refractivity contribution in [3.63, 3.8) is 0 Å². The molecule has 0 spiro atoms. The molecule has 3 atom stereocenters. The number of likely N-dealkylation sites (tertiary alicyclic amines) is 1. The summed E-state index contributed by atoms with van der Waals surface area (Å²) in [6.07, 6.45) is 14.4. The van der Waals surface area contributed by atoms with Crippen molar-refractivity contribution in [2.24, 2.45) is 23.5 Å². The van der Waals surface area contributed by atoms with Crippen LogP contribution in [-0.4, -0.2) is 50.3 Å². The Hall–Kier alpha value is -1.85. The number of unbranched alkanes of at least 4 members (excludes halogenated alkanes) is 1. The van der Waals surface area contributed by atoms with Crippen LogP contribution in [0, 0.1) is 17.8 Å².